The number of piperidine rings is 1. The number of nitriles is 1. The van der Waals surface area contributed by atoms with E-state index in [0.29, 0.717) is 25.4 Å². The highest BCUT2D eigenvalue weighted by Gasteiger charge is 2.24. The SMILES string of the molecule is Cc1cc(C)cc(N(CCC#N)C(=O)CN2CCC(Cc3ccccc3)CC2)c1. The monoisotopic (exact) mass is 389 g/mol. The summed E-state index contributed by atoms with van der Waals surface area (Å²) in [6.45, 7) is 6.88. The smallest absolute Gasteiger partial charge is 0.241 e. The number of likely N-dealkylation sites (tertiary alicyclic amines) is 1. The number of aryl methyl sites for hydroxylation is 2. The van der Waals surface area contributed by atoms with Gasteiger partial charge in [0.15, 0.2) is 0 Å². The molecule has 1 aliphatic rings. The van der Waals surface area contributed by atoms with E-state index >= 15 is 0 Å². The zero-order valence-corrected chi connectivity index (χ0v) is 17.6. The highest BCUT2D eigenvalue weighted by Crippen LogP contribution is 2.23. The van der Waals surface area contributed by atoms with Crippen LogP contribution in [0.3, 0.4) is 0 Å². The van der Waals surface area contributed by atoms with Crippen LogP contribution in [-0.2, 0) is 11.2 Å². The maximum Gasteiger partial charge on any atom is 0.241 e. The van der Waals surface area contributed by atoms with Crippen molar-refractivity contribution in [3.8, 4) is 6.07 Å². The van der Waals surface area contributed by atoms with Gasteiger partial charge in [0.2, 0.25) is 5.91 Å². The fraction of sp³-hybridized carbons (Fsp3) is 0.440. The summed E-state index contributed by atoms with van der Waals surface area (Å²) >= 11 is 0. The topological polar surface area (TPSA) is 47.3 Å². The van der Waals surface area contributed by atoms with Crippen molar-refractivity contribution in [2.75, 3.05) is 31.1 Å². The van der Waals surface area contributed by atoms with Crippen LogP contribution in [0.15, 0.2) is 48.5 Å². The van der Waals surface area contributed by atoms with Gasteiger partial charge in [0, 0.05) is 12.2 Å². The van der Waals surface area contributed by atoms with Crippen LogP contribution in [0.5, 0.6) is 0 Å². The molecule has 3 rings (SSSR count). The number of carbonyl (C=O) groups excluding carboxylic acids is 1. The number of amides is 1. The predicted octanol–water partition coefficient (Wildman–Crippen LogP) is 4.50. The zero-order valence-electron chi connectivity index (χ0n) is 17.6. The maximum absolute atomic E-state index is 13.1. The molecule has 1 fully saturated rings. The minimum atomic E-state index is 0.0896. The van der Waals surface area contributed by atoms with Crippen molar-refractivity contribution in [3.63, 3.8) is 0 Å². The van der Waals surface area contributed by atoms with E-state index in [2.05, 4.69) is 47.4 Å². The number of hydrogen-bond donors (Lipinski definition) is 0. The van der Waals surface area contributed by atoms with Crippen molar-refractivity contribution >= 4 is 11.6 Å². The Morgan fingerprint density at radius 1 is 1.10 bits per heavy atom. The van der Waals surface area contributed by atoms with Crippen LogP contribution in [0, 0.1) is 31.1 Å². The summed E-state index contributed by atoms with van der Waals surface area (Å²) in [5, 5.41) is 9.03. The summed E-state index contributed by atoms with van der Waals surface area (Å²) in [6.07, 6.45) is 3.73. The number of carbonyl (C=O) groups is 1. The molecule has 0 spiro atoms. The molecule has 0 aromatic heterocycles. The van der Waals surface area contributed by atoms with E-state index < -0.39 is 0 Å². The van der Waals surface area contributed by atoms with Gasteiger partial charge in [-0.05, 0) is 80.9 Å². The fourth-order valence-electron chi connectivity index (χ4n) is 4.24. The molecule has 29 heavy (non-hydrogen) atoms. The van der Waals surface area contributed by atoms with Crippen molar-refractivity contribution < 1.29 is 4.79 Å². The summed E-state index contributed by atoms with van der Waals surface area (Å²) in [5.74, 6) is 0.782. The Balaban J connectivity index is 1.58. The van der Waals surface area contributed by atoms with Gasteiger partial charge in [-0.15, -0.1) is 0 Å². The minimum Gasteiger partial charge on any atom is -0.310 e. The van der Waals surface area contributed by atoms with Gasteiger partial charge in [-0.1, -0.05) is 36.4 Å². The fourth-order valence-corrected chi connectivity index (χ4v) is 4.24. The summed E-state index contributed by atoms with van der Waals surface area (Å²) in [7, 11) is 0. The Kier molecular flexibility index (Phi) is 7.43. The number of nitrogens with zero attached hydrogens (tertiary/aromatic N) is 3. The maximum atomic E-state index is 13.1. The third kappa shape index (κ3) is 6.17. The normalized spacial score (nSPS) is 15.1. The van der Waals surface area contributed by atoms with Crippen LogP contribution in [0.2, 0.25) is 0 Å². The van der Waals surface area contributed by atoms with Crippen molar-refractivity contribution in [2.24, 2.45) is 5.92 Å². The van der Waals surface area contributed by atoms with Crippen LogP contribution < -0.4 is 4.90 Å². The van der Waals surface area contributed by atoms with Gasteiger partial charge in [0.05, 0.1) is 19.0 Å². The number of anilines is 1. The van der Waals surface area contributed by atoms with Gasteiger partial charge in [0.1, 0.15) is 0 Å². The minimum absolute atomic E-state index is 0.0896. The van der Waals surface area contributed by atoms with Crippen molar-refractivity contribution in [1.29, 1.82) is 5.26 Å². The van der Waals surface area contributed by atoms with E-state index in [1.165, 1.54) is 5.56 Å². The highest BCUT2D eigenvalue weighted by molar-refractivity contribution is 5.95. The molecular weight excluding hydrogens is 358 g/mol. The van der Waals surface area contributed by atoms with Gasteiger partial charge >= 0.3 is 0 Å². The molecule has 0 radical (unpaired) electrons. The number of benzene rings is 2. The van der Waals surface area contributed by atoms with E-state index in [-0.39, 0.29) is 5.91 Å². The first-order chi connectivity index (χ1) is 14.0. The van der Waals surface area contributed by atoms with E-state index in [9.17, 15) is 4.79 Å². The molecule has 0 bridgehead atoms. The second-order valence-electron chi connectivity index (χ2n) is 8.21. The van der Waals surface area contributed by atoms with Crippen LogP contribution in [0.4, 0.5) is 5.69 Å². The molecule has 2 aromatic rings. The average Bonchev–Trinajstić information content (AvgIpc) is 2.70. The lowest BCUT2D eigenvalue weighted by Gasteiger charge is -2.33. The second-order valence-corrected chi connectivity index (χ2v) is 8.21. The Morgan fingerprint density at radius 3 is 2.38 bits per heavy atom. The lowest BCUT2D eigenvalue weighted by atomic mass is 9.90. The Bertz CT molecular complexity index is 828. The molecule has 0 saturated carbocycles. The summed E-state index contributed by atoms with van der Waals surface area (Å²) < 4.78 is 0. The molecule has 1 amide bonds. The second kappa shape index (κ2) is 10.2. The molecule has 4 nitrogen and oxygen atoms in total. The van der Waals surface area contributed by atoms with Crippen LogP contribution in [-0.4, -0.2) is 37.0 Å². The Labute approximate surface area is 174 Å². The van der Waals surface area contributed by atoms with Gasteiger partial charge in [-0.3, -0.25) is 9.69 Å². The molecular formula is C25H31N3O. The molecule has 0 aliphatic carbocycles. The van der Waals surface area contributed by atoms with Crippen molar-refractivity contribution in [3.05, 3.63) is 65.2 Å². The first-order valence-corrected chi connectivity index (χ1v) is 10.6. The standard InChI is InChI=1S/C25H31N3O/c1-20-15-21(2)17-24(16-20)28(12-6-11-26)25(29)19-27-13-9-23(10-14-27)18-22-7-4-3-5-8-22/h3-5,7-8,15-17,23H,6,9-10,12-14,18-19H2,1-2H3. The lowest BCUT2D eigenvalue weighted by molar-refractivity contribution is -0.120. The van der Waals surface area contributed by atoms with E-state index in [4.69, 9.17) is 5.26 Å². The molecule has 1 aliphatic heterocycles. The molecule has 4 heteroatoms. The first-order valence-electron chi connectivity index (χ1n) is 10.6. The van der Waals surface area contributed by atoms with Gasteiger partial charge in [-0.25, -0.2) is 0 Å². The van der Waals surface area contributed by atoms with Gasteiger partial charge < -0.3 is 4.90 Å². The molecule has 0 unspecified atom stereocenters. The van der Waals surface area contributed by atoms with Crippen molar-refractivity contribution in [1.82, 2.24) is 4.90 Å². The summed E-state index contributed by atoms with van der Waals surface area (Å²) in [4.78, 5) is 17.1. The number of hydrogen-bond acceptors (Lipinski definition) is 3. The molecule has 2 aromatic carbocycles. The van der Waals surface area contributed by atoms with Crippen molar-refractivity contribution in [2.45, 2.75) is 39.5 Å². The van der Waals surface area contributed by atoms with Crippen LogP contribution >= 0.6 is 0 Å². The van der Waals surface area contributed by atoms with Gasteiger partial charge in [0.25, 0.3) is 0 Å². The zero-order chi connectivity index (χ0) is 20.6. The Hall–Kier alpha value is -2.64. The van der Waals surface area contributed by atoms with Crippen LogP contribution in [0.1, 0.15) is 36.0 Å². The van der Waals surface area contributed by atoms with E-state index in [1.807, 2.05) is 26.0 Å². The highest BCUT2D eigenvalue weighted by atomic mass is 16.2. The predicted molar refractivity (Wildman–Crippen MR) is 118 cm³/mol. The molecule has 152 valence electrons. The summed E-state index contributed by atoms with van der Waals surface area (Å²) in [5.41, 5.74) is 4.58. The lowest BCUT2D eigenvalue weighted by Crippen LogP contribution is -2.44. The average molecular weight is 390 g/mol. The van der Waals surface area contributed by atoms with E-state index in [0.717, 1.165) is 49.2 Å². The Morgan fingerprint density at radius 2 is 1.76 bits per heavy atom. The quantitative estimate of drug-likeness (QED) is 0.700. The first kappa shape index (κ1) is 21.1. The number of rotatable bonds is 7. The molecule has 0 N–H and O–H groups in total. The van der Waals surface area contributed by atoms with Gasteiger partial charge in [-0.2, -0.15) is 5.26 Å². The molecule has 1 saturated heterocycles. The third-order valence-corrected chi connectivity index (χ3v) is 5.70. The molecule has 0 atom stereocenters. The summed E-state index contributed by atoms with van der Waals surface area (Å²) in [6, 6.07) is 19.0. The van der Waals surface area contributed by atoms with E-state index in [1.54, 1.807) is 4.90 Å². The largest absolute Gasteiger partial charge is 0.310 e. The molecule has 1 heterocycles. The third-order valence-electron chi connectivity index (χ3n) is 5.70. The van der Waals surface area contributed by atoms with Crippen LogP contribution in [0.25, 0.3) is 0 Å².